The molecule has 0 unspecified atom stereocenters. The molecule has 0 atom stereocenters. The van der Waals surface area contributed by atoms with E-state index >= 15 is 0 Å². The van der Waals surface area contributed by atoms with Gasteiger partial charge in [-0.1, -0.05) is 13.8 Å². The van der Waals surface area contributed by atoms with Crippen LogP contribution in [0.3, 0.4) is 0 Å². The molecule has 0 aromatic rings. The van der Waals surface area contributed by atoms with Gasteiger partial charge in [-0.2, -0.15) is 12.6 Å². The zero-order valence-corrected chi connectivity index (χ0v) is 11.5. The summed E-state index contributed by atoms with van der Waals surface area (Å²) >= 11 is 4.14. The molecule has 86 valence electrons. The van der Waals surface area contributed by atoms with Crippen molar-refractivity contribution in [1.29, 1.82) is 0 Å². The zero-order chi connectivity index (χ0) is 10.6. The Hall–Kier alpha value is 0.447. The van der Waals surface area contributed by atoms with Crippen LogP contribution in [0, 0.1) is 0 Å². The molecule has 0 saturated heterocycles. The van der Waals surface area contributed by atoms with Gasteiger partial charge in [-0.3, -0.25) is 0 Å². The van der Waals surface area contributed by atoms with Crippen LogP contribution in [-0.4, -0.2) is 35.2 Å². The minimum absolute atomic E-state index is 0.429. The second-order valence-corrected chi connectivity index (χ2v) is 4.87. The Balaban J connectivity index is 3.49. The SMILES string of the molecule is CCCOC(OCCC)O[SiH2]CCS. The first-order chi connectivity index (χ1) is 6.85. The van der Waals surface area contributed by atoms with Gasteiger partial charge in [0.25, 0.3) is 6.48 Å². The van der Waals surface area contributed by atoms with Gasteiger partial charge in [-0.25, -0.2) is 0 Å². The van der Waals surface area contributed by atoms with Crippen LogP contribution in [0.1, 0.15) is 26.7 Å². The number of ether oxygens (including phenoxy) is 2. The Kier molecular flexibility index (Phi) is 11.9. The highest BCUT2D eigenvalue weighted by Gasteiger charge is 2.07. The van der Waals surface area contributed by atoms with Crippen LogP contribution in [-0.2, 0) is 13.9 Å². The normalized spacial score (nSPS) is 12.0. The summed E-state index contributed by atoms with van der Waals surface area (Å²) in [4.78, 5) is 0. The van der Waals surface area contributed by atoms with Crippen molar-refractivity contribution in [1.82, 2.24) is 0 Å². The van der Waals surface area contributed by atoms with E-state index in [2.05, 4.69) is 26.5 Å². The van der Waals surface area contributed by atoms with Crippen molar-refractivity contribution in [3.05, 3.63) is 0 Å². The Morgan fingerprint density at radius 2 is 1.71 bits per heavy atom. The molecule has 0 fully saturated rings. The van der Waals surface area contributed by atoms with Crippen LogP contribution >= 0.6 is 12.6 Å². The van der Waals surface area contributed by atoms with Gasteiger partial charge in [0.05, 0.1) is 13.2 Å². The van der Waals surface area contributed by atoms with Gasteiger partial charge < -0.3 is 13.9 Å². The summed E-state index contributed by atoms with van der Waals surface area (Å²) < 4.78 is 16.3. The summed E-state index contributed by atoms with van der Waals surface area (Å²) in [5, 5.41) is 0. The van der Waals surface area contributed by atoms with Crippen molar-refractivity contribution in [2.24, 2.45) is 0 Å². The quantitative estimate of drug-likeness (QED) is 0.271. The van der Waals surface area contributed by atoms with Crippen LogP contribution in [0.2, 0.25) is 6.04 Å². The predicted molar refractivity (Wildman–Crippen MR) is 64.6 cm³/mol. The van der Waals surface area contributed by atoms with Gasteiger partial charge in [-0.15, -0.1) is 0 Å². The van der Waals surface area contributed by atoms with Crippen LogP contribution in [0.15, 0.2) is 0 Å². The van der Waals surface area contributed by atoms with E-state index in [0.29, 0.717) is 13.2 Å². The molecule has 0 heterocycles. The van der Waals surface area contributed by atoms with Crippen LogP contribution < -0.4 is 0 Å². The van der Waals surface area contributed by atoms with Gasteiger partial charge >= 0.3 is 0 Å². The smallest absolute Gasteiger partial charge is 0.261 e. The van der Waals surface area contributed by atoms with Crippen LogP contribution in [0.4, 0.5) is 0 Å². The maximum absolute atomic E-state index is 5.53. The maximum atomic E-state index is 5.53. The highest BCUT2D eigenvalue weighted by atomic mass is 32.1. The van der Waals surface area contributed by atoms with Gasteiger partial charge in [-0.05, 0) is 24.6 Å². The van der Waals surface area contributed by atoms with E-state index in [0.717, 1.165) is 24.6 Å². The number of thiol groups is 1. The molecule has 0 aromatic heterocycles. The molecule has 0 aromatic carbocycles. The molecule has 0 radical (unpaired) electrons. The van der Waals surface area contributed by atoms with Crippen molar-refractivity contribution in [2.75, 3.05) is 19.0 Å². The molecule has 0 saturated carbocycles. The molecule has 0 aliphatic heterocycles. The molecule has 0 rings (SSSR count). The first-order valence-electron chi connectivity index (χ1n) is 5.30. The van der Waals surface area contributed by atoms with E-state index in [1.165, 1.54) is 0 Å². The molecule has 5 heteroatoms. The fraction of sp³-hybridized carbons (Fsp3) is 1.00. The molecule has 14 heavy (non-hydrogen) atoms. The molecule has 0 N–H and O–H groups in total. The van der Waals surface area contributed by atoms with E-state index in [1.54, 1.807) is 0 Å². The van der Waals surface area contributed by atoms with Crippen molar-refractivity contribution in [3.63, 3.8) is 0 Å². The van der Waals surface area contributed by atoms with Gasteiger partial charge in [0.2, 0.25) is 0 Å². The summed E-state index contributed by atoms with van der Waals surface area (Å²) in [6.07, 6.45) is 1.98. The van der Waals surface area contributed by atoms with Crippen molar-refractivity contribution in [2.45, 2.75) is 39.2 Å². The number of hydrogen-bond donors (Lipinski definition) is 1. The molecule has 0 bridgehead atoms. The molecular weight excluding hydrogens is 216 g/mol. The highest BCUT2D eigenvalue weighted by Crippen LogP contribution is 2.00. The standard InChI is InChI=1S/C9H22O3SSi/c1-3-5-10-9(11-6-4-2)12-14-8-7-13/h9,13H,3-8,14H2,1-2H3. The third kappa shape index (κ3) is 9.02. The average molecular weight is 238 g/mol. The number of rotatable bonds is 10. The molecule has 0 spiro atoms. The lowest BCUT2D eigenvalue weighted by Crippen LogP contribution is -2.24. The molecule has 0 aliphatic rings. The Morgan fingerprint density at radius 3 is 2.14 bits per heavy atom. The lowest BCUT2D eigenvalue weighted by molar-refractivity contribution is -0.247. The highest BCUT2D eigenvalue weighted by molar-refractivity contribution is 7.80. The van der Waals surface area contributed by atoms with E-state index in [9.17, 15) is 0 Å². The molecule has 0 amide bonds. The van der Waals surface area contributed by atoms with Crippen molar-refractivity contribution >= 4 is 22.4 Å². The van der Waals surface area contributed by atoms with E-state index in [1.807, 2.05) is 0 Å². The van der Waals surface area contributed by atoms with Crippen molar-refractivity contribution in [3.8, 4) is 0 Å². The summed E-state index contributed by atoms with van der Waals surface area (Å²) in [7, 11) is -0.518. The third-order valence-electron chi connectivity index (χ3n) is 1.47. The fourth-order valence-corrected chi connectivity index (χ4v) is 1.88. The van der Waals surface area contributed by atoms with Crippen LogP contribution in [0.5, 0.6) is 0 Å². The van der Waals surface area contributed by atoms with Crippen molar-refractivity contribution < 1.29 is 13.9 Å². The largest absolute Gasteiger partial charge is 0.379 e. The van der Waals surface area contributed by atoms with Gasteiger partial charge in [0, 0.05) is 0 Å². The minimum atomic E-state index is -0.518. The Labute approximate surface area is 94.9 Å². The van der Waals surface area contributed by atoms with Crippen LogP contribution in [0.25, 0.3) is 0 Å². The first-order valence-corrected chi connectivity index (χ1v) is 7.51. The summed E-state index contributed by atoms with van der Waals surface area (Å²) in [6.45, 7) is 5.11. The summed E-state index contributed by atoms with van der Waals surface area (Å²) in [6, 6.07) is 1.06. The summed E-state index contributed by atoms with van der Waals surface area (Å²) in [5.74, 6) is 0.889. The Bertz CT molecular complexity index is 108. The van der Waals surface area contributed by atoms with Gasteiger partial charge in [0.15, 0.2) is 9.76 Å². The van der Waals surface area contributed by atoms with Gasteiger partial charge in [0.1, 0.15) is 0 Å². The summed E-state index contributed by atoms with van der Waals surface area (Å²) in [5.41, 5.74) is 0. The third-order valence-corrected chi connectivity index (χ3v) is 3.53. The second-order valence-electron chi connectivity index (χ2n) is 2.98. The average Bonchev–Trinajstić information content (AvgIpc) is 2.21. The molecular formula is C9H22O3SSi. The lowest BCUT2D eigenvalue weighted by Gasteiger charge is -2.18. The maximum Gasteiger partial charge on any atom is 0.261 e. The zero-order valence-electron chi connectivity index (χ0n) is 9.20. The first kappa shape index (κ1) is 14.4. The monoisotopic (exact) mass is 238 g/mol. The lowest BCUT2D eigenvalue weighted by atomic mass is 10.5. The second kappa shape index (κ2) is 11.5. The molecule has 0 aliphatic carbocycles. The Morgan fingerprint density at radius 1 is 1.14 bits per heavy atom. The predicted octanol–water partition coefficient (Wildman–Crippen LogP) is 1.57. The van der Waals surface area contributed by atoms with E-state index < -0.39 is 16.2 Å². The molecule has 3 nitrogen and oxygen atoms in total. The number of hydrogen-bond acceptors (Lipinski definition) is 4. The van der Waals surface area contributed by atoms with E-state index in [4.69, 9.17) is 13.9 Å². The minimum Gasteiger partial charge on any atom is -0.379 e. The topological polar surface area (TPSA) is 27.7 Å². The fourth-order valence-electron chi connectivity index (χ4n) is 0.817. The van der Waals surface area contributed by atoms with E-state index in [-0.39, 0.29) is 0 Å².